The van der Waals surface area contributed by atoms with Gasteiger partial charge in [-0.15, -0.1) is 0 Å². The second-order valence-electron chi connectivity index (χ2n) is 6.53. The van der Waals surface area contributed by atoms with E-state index in [0.29, 0.717) is 6.54 Å². The zero-order valence-corrected chi connectivity index (χ0v) is 14.4. The average Bonchev–Trinajstić information content (AvgIpc) is 2.94. The Morgan fingerprint density at radius 2 is 1.92 bits per heavy atom. The molecule has 1 saturated heterocycles. The fraction of sp³-hybridized carbons (Fsp3) is 0.300. The van der Waals surface area contributed by atoms with Crippen LogP contribution in [0.1, 0.15) is 23.1 Å². The highest BCUT2D eigenvalue weighted by Crippen LogP contribution is 2.27. The Bertz CT molecular complexity index is 798. The number of carboxylic acids is 1. The Morgan fingerprint density at radius 1 is 1.20 bits per heavy atom. The second kappa shape index (κ2) is 6.97. The molecule has 1 amide bonds. The summed E-state index contributed by atoms with van der Waals surface area (Å²) in [5, 5.41) is 9.04. The third-order valence-corrected chi connectivity index (χ3v) is 4.43. The van der Waals surface area contributed by atoms with Gasteiger partial charge >= 0.3 is 5.97 Å². The van der Waals surface area contributed by atoms with Crippen molar-refractivity contribution < 1.29 is 19.4 Å². The molecule has 0 aliphatic carbocycles. The smallest absolute Gasteiger partial charge is 0.308 e. The van der Waals surface area contributed by atoms with Gasteiger partial charge < -0.3 is 14.7 Å². The maximum atomic E-state index is 11.9. The van der Waals surface area contributed by atoms with Gasteiger partial charge in [0.1, 0.15) is 11.5 Å². The summed E-state index contributed by atoms with van der Waals surface area (Å²) in [7, 11) is 0. The molecule has 3 rings (SSSR count). The summed E-state index contributed by atoms with van der Waals surface area (Å²) in [6.07, 6.45) is 0.0865. The summed E-state index contributed by atoms with van der Waals surface area (Å²) in [6.45, 7) is 4.72. The summed E-state index contributed by atoms with van der Waals surface area (Å²) in [6, 6.07) is 13.6. The molecule has 2 aromatic carbocycles. The number of hydrogen-bond donors (Lipinski definition) is 1. The molecular weight excluding hydrogens is 318 g/mol. The van der Waals surface area contributed by atoms with Crippen molar-refractivity contribution in [2.45, 2.75) is 26.8 Å². The molecule has 0 spiro atoms. The van der Waals surface area contributed by atoms with Gasteiger partial charge in [0, 0.05) is 19.5 Å². The van der Waals surface area contributed by atoms with Crippen LogP contribution < -0.4 is 4.74 Å². The number of aliphatic carboxylic acids is 1. The first-order chi connectivity index (χ1) is 11.9. The van der Waals surface area contributed by atoms with E-state index in [0.717, 1.165) is 28.2 Å². The van der Waals surface area contributed by atoms with Crippen LogP contribution in [0.4, 0.5) is 0 Å². The van der Waals surface area contributed by atoms with Gasteiger partial charge in [0.15, 0.2) is 0 Å². The normalized spacial score (nSPS) is 17.0. The standard InChI is InChI=1S/C20H21NO4/c1-13-3-4-14(2)18(9-13)25-17-7-5-15(6-8-17)11-21-12-16(20(23)24)10-19(21)22/h3-9,16H,10-12H2,1-2H3,(H,23,24). The quantitative estimate of drug-likeness (QED) is 0.905. The number of rotatable bonds is 5. The summed E-state index contributed by atoms with van der Waals surface area (Å²) < 4.78 is 5.93. The predicted octanol–water partition coefficient (Wildman–Crippen LogP) is 3.53. The van der Waals surface area contributed by atoms with E-state index in [1.54, 1.807) is 4.90 Å². The number of carbonyl (C=O) groups excluding carboxylic acids is 1. The highest BCUT2D eigenvalue weighted by Gasteiger charge is 2.33. The zero-order chi connectivity index (χ0) is 18.0. The first kappa shape index (κ1) is 17.0. The van der Waals surface area contributed by atoms with Gasteiger partial charge in [0.2, 0.25) is 5.91 Å². The van der Waals surface area contributed by atoms with Gasteiger partial charge in [-0.1, -0.05) is 24.3 Å². The molecule has 1 unspecified atom stereocenters. The van der Waals surface area contributed by atoms with Crippen molar-refractivity contribution in [2.24, 2.45) is 5.92 Å². The summed E-state index contributed by atoms with van der Waals surface area (Å²) in [5.74, 6) is -0.0592. The van der Waals surface area contributed by atoms with Crippen LogP contribution in [0.5, 0.6) is 11.5 Å². The van der Waals surface area contributed by atoms with E-state index in [4.69, 9.17) is 9.84 Å². The summed E-state index contributed by atoms with van der Waals surface area (Å²) in [4.78, 5) is 24.5. The van der Waals surface area contributed by atoms with Gasteiger partial charge in [-0.25, -0.2) is 0 Å². The van der Waals surface area contributed by atoms with E-state index in [9.17, 15) is 9.59 Å². The molecule has 0 saturated carbocycles. The monoisotopic (exact) mass is 339 g/mol. The Balaban J connectivity index is 1.65. The van der Waals surface area contributed by atoms with Gasteiger partial charge in [-0.05, 0) is 48.7 Å². The minimum absolute atomic E-state index is 0.0865. The van der Waals surface area contributed by atoms with E-state index in [1.165, 1.54) is 0 Å². The Morgan fingerprint density at radius 3 is 2.56 bits per heavy atom. The maximum absolute atomic E-state index is 11.9. The van der Waals surface area contributed by atoms with Crippen LogP contribution in [0.25, 0.3) is 0 Å². The molecule has 25 heavy (non-hydrogen) atoms. The fourth-order valence-corrected chi connectivity index (χ4v) is 2.92. The lowest BCUT2D eigenvalue weighted by atomic mass is 10.1. The molecule has 1 atom stereocenters. The zero-order valence-electron chi connectivity index (χ0n) is 14.4. The SMILES string of the molecule is Cc1ccc(C)c(Oc2ccc(CN3CC(C(=O)O)CC3=O)cc2)c1. The molecule has 0 radical (unpaired) electrons. The van der Waals surface area contributed by atoms with Crippen LogP contribution in [0, 0.1) is 19.8 Å². The summed E-state index contributed by atoms with van der Waals surface area (Å²) in [5.41, 5.74) is 3.16. The number of carbonyl (C=O) groups is 2. The molecule has 1 fully saturated rings. The predicted molar refractivity (Wildman–Crippen MR) is 93.6 cm³/mol. The number of hydrogen-bond acceptors (Lipinski definition) is 3. The Kier molecular flexibility index (Phi) is 4.74. The third kappa shape index (κ3) is 3.99. The van der Waals surface area contributed by atoms with Crippen LogP contribution in [0.15, 0.2) is 42.5 Å². The molecule has 5 nitrogen and oxygen atoms in total. The second-order valence-corrected chi connectivity index (χ2v) is 6.53. The van der Waals surface area contributed by atoms with E-state index < -0.39 is 11.9 Å². The molecule has 130 valence electrons. The molecule has 2 aromatic rings. The largest absolute Gasteiger partial charge is 0.481 e. The first-order valence-corrected chi connectivity index (χ1v) is 8.27. The van der Waals surface area contributed by atoms with E-state index in [1.807, 2.05) is 56.3 Å². The lowest BCUT2D eigenvalue weighted by Crippen LogP contribution is -2.25. The van der Waals surface area contributed by atoms with Crippen LogP contribution in [-0.4, -0.2) is 28.4 Å². The van der Waals surface area contributed by atoms with E-state index in [-0.39, 0.29) is 18.9 Å². The molecule has 0 bridgehead atoms. The van der Waals surface area contributed by atoms with Crippen molar-refractivity contribution in [3.05, 3.63) is 59.2 Å². The molecular formula is C20H21NO4. The van der Waals surface area contributed by atoms with Crippen LogP contribution in [0.2, 0.25) is 0 Å². The number of nitrogens with zero attached hydrogens (tertiary/aromatic N) is 1. The van der Waals surface area contributed by atoms with Crippen molar-refractivity contribution in [1.82, 2.24) is 4.90 Å². The minimum Gasteiger partial charge on any atom is -0.481 e. The highest BCUT2D eigenvalue weighted by molar-refractivity contribution is 5.86. The van der Waals surface area contributed by atoms with E-state index >= 15 is 0 Å². The number of ether oxygens (including phenoxy) is 1. The number of likely N-dealkylation sites (tertiary alicyclic amines) is 1. The topological polar surface area (TPSA) is 66.8 Å². The van der Waals surface area contributed by atoms with Gasteiger partial charge in [0.05, 0.1) is 5.92 Å². The summed E-state index contributed by atoms with van der Waals surface area (Å²) >= 11 is 0. The number of benzene rings is 2. The Hall–Kier alpha value is -2.82. The molecule has 1 N–H and O–H groups in total. The van der Waals surface area contributed by atoms with E-state index in [2.05, 4.69) is 0 Å². The molecule has 1 aliphatic rings. The van der Waals surface area contributed by atoms with Gasteiger partial charge in [-0.2, -0.15) is 0 Å². The maximum Gasteiger partial charge on any atom is 0.308 e. The number of amides is 1. The van der Waals surface area contributed by atoms with Crippen molar-refractivity contribution in [3.63, 3.8) is 0 Å². The number of carboxylic acid groups (broad SMARTS) is 1. The van der Waals surface area contributed by atoms with Crippen molar-refractivity contribution >= 4 is 11.9 Å². The number of aryl methyl sites for hydroxylation is 2. The fourth-order valence-electron chi connectivity index (χ4n) is 2.92. The molecule has 5 heteroatoms. The molecule has 1 heterocycles. The Labute approximate surface area is 146 Å². The van der Waals surface area contributed by atoms with Crippen molar-refractivity contribution in [1.29, 1.82) is 0 Å². The van der Waals surface area contributed by atoms with Crippen LogP contribution >= 0.6 is 0 Å². The lowest BCUT2D eigenvalue weighted by molar-refractivity contribution is -0.141. The van der Waals surface area contributed by atoms with Crippen molar-refractivity contribution in [3.8, 4) is 11.5 Å². The minimum atomic E-state index is -0.909. The van der Waals surface area contributed by atoms with Gasteiger partial charge in [-0.3, -0.25) is 9.59 Å². The van der Waals surface area contributed by atoms with Crippen LogP contribution in [-0.2, 0) is 16.1 Å². The first-order valence-electron chi connectivity index (χ1n) is 8.27. The third-order valence-electron chi connectivity index (χ3n) is 4.43. The highest BCUT2D eigenvalue weighted by atomic mass is 16.5. The van der Waals surface area contributed by atoms with Gasteiger partial charge in [0.25, 0.3) is 0 Å². The lowest BCUT2D eigenvalue weighted by Gasteiger charge is -2.16. The molecule has 1 aliphatic heterocycles. The van der Waals surface area contributed by atoms with Crippen LogP contribution in [0.3, 0.4) is 0 Å². The van der Waals surface area contributed by atoms with Crippen molar-refractivity contribution in [2.75, 3.05) is 6.54 Å². The molecule has 0 aromatic heterocycles. The average molecular weight is 339 g/mol.